The van der Waals surface area contributed by atoms with Crippen LogP contribution < -0.4 is 5.32 Å². The van der Waals surface area contributed by atoms with Crippen LogP contribution in [0.1, 0.15) is 17.4 Å². The average molecular weight is 253 g/mol. The van der Waals surface area contributed by atoms with Crippen LogP contribution in [0.15, 0.2) is 18.2 Å². The molecule has 0 saturated carbocycles. The van der Waals surface area contributed by atoms with Crippen molar-refractivity contribution in [3.8, 4) is 0 Å². The van der Waals surface area contributed by atoms with Crippen molar-refractivity contribution in [2.24, 2.45) is 5.92 Å². The minimum Gasteiger partial charge on any atom is -0.359 e. The zero-order valence-corrected chi connectivity index (χ0v) is 10.6. The molecule has 0 radical (unpaired) electrons. The fourth-order valence-corrected chi connectivity index (χ4v) is 1.55. The number of carbonyl (C=O) groups excluding carboxylic acids is 2. The molecule has 18 heavy (non-hydrogen) atoms. The molecule has 1 N–H and O–H groups in total. The predicted octanol–water partition coefficient (Wildman–Crippen LogP) is 0.675. The third kappa shape index (κ3) is 3.51. The Bertz CT molecular complexity index is 451. The number of halogens is 1. The maximum absolute atomic E-state index is 12.9. The molecule has 0 aromatic carbocycles. The predicted molar refractivity (Wildman–Crippen MR) is 64.4 cm³/mol. The largest absolute Gasteiger partial charge is 0.359 e. The Labute approximate surface area is 105 Å². The van der Waals surface area contributed by atoms with Crippen LogP contribution in [0.25, 0.3) is 0 Å². The van der Waals surface area contributed by atoms with E-state index >= 15 is 0 Å². The van der Waals surface area contributed by atoms with Crippen molar-refractivity contribution >= 4 is 11.8 Å². The van der Waals surface area contributed by atoms with Crippen molar-refractivity contribution < 1.29 is 14.0 Å². The van der Waals surface area contributed by atoms with E-state index in [2.05, 4.69) is 10.3 Å². The van der Waals surface area contributed by atoms with Crippen LogP contribution in [-0.2, 0) is 4.79 Å². The first kappa shape index (κ1) is 14.1. The Hall–Kier alpha value is -1.98. The minimum atomic E-state index is -0.700. The number of rotatable bonds is 4. The summed E-state index contributed by atoms with van der Waals surface area (Å²) in [5.74, 6) is -1.60. The van der Waals surface area contributed by atoms with Gasteiger partial charge >= 0.3 is 0 Å². The quantitative estimate of drug-likeness (QED) is 0.802. The molecule has 1 rings (SSSR count). The highest BCUT2D eigenvalue weighted by Crippen LogP contribution is 2.05. The SMILES string of the molecule is CNC(=O)C(C)CN(C)C(=O)c1cccc(F)n1. The van der Waals surface area contributed by atoms with Gasteiger partial charge in [0.15, 0.2) is 0 Å². The number of aromatic nitrogens is 1. The van der Waals surface area contributed by atoms with E-state index in [-0.39, 0.29) is 24.1 Å². The van der Waals surface area contributed by atoms with Gasteiger partial charge < -0.3 is 10.2 Å². The topological polar surface area (TPSA) is 62.3 Å². The first-order valence-corrected chi connectivity index (χ1v) is 5.55. The number of carbonyl (C=O) groups is 2. The fourth-order valence-electron chi connectivity index (χ4n) is 1.55. The lowest BCUT2D eigenvalue weighted by Crippen LogP contribution is -2.37. The van der Waals surface area contributed by atoms with E-state index in [1.807, 2.05) is 0 Å². The number of nitrogens with zero attached hydrogens (tertiary/aromatic N) is 2. The Morgan fingerprint density at radius 1 is 1.50 bits per heavy atom. The fraction of sp³-hybridized carbons (Fsp3) is 0.417. The van der Waals surface area contributed by atoms with Gasteiger partial charge in [-0.25, -0.2) is 4.98 Å². The van der Waals surface area contributed by atoms with E-state index in [0.29, 0.717) is 0 Å². The molecule has 0 fully saturated rings. The molecule has 0 saturated heterocycles. The highest BCUT2D eigenvalue weighted by atomic mass is 19.1. The number of hydrogen-bond acceptors (Lipinski definition) is 3. The van der Waals surface area contributed by atoms with Crippen molar-refractivity contribution in [2.45, 2.75) is 6.92 Å². The lowest BCUT2D eigenvalue weighted by atomic mass is 10.1. The molecule has 0 spiro atoms. The molecular weight excluding hydrogens is 237 g/mol. The first-order chi connectivity index (χ1) is 8.45. The van der Waals surface area contributed by atoms with Crippen LogP contribution in [0.4, 0.5) is 4.39 Å². The minimum absolute atomic E-state index is 0.0293. The molecule has 0 bridgehead atoms. The average Bonchev–Trinajstić information content (AvgIpc) is 2.36. The molecule has 2 amide bonds. The summed E-state index contributed by atoms with van der Waals surface area (Å²) in [4.78, 5) is 28.1. The van der Waals surface area contributed by atoms with Gasteiger partial charge in [-0.05, 0) is 12.1 Å². The Morgan fingerprint density at radius 2 is 2.17 bits per heavy atom. The highest BCUT2D eigenvalue weighted by molar-refractivity contribution is 5.92. The van der Waals surface area contributed by atoms with Crippen molar-refractivity contribution in [1.29, 1.82) is 0 Å². The zero-order chi connectivity index (χ0) is 13.7. The van der Waals surface area contributed by atoms with Crippen LogP contribution in [-0.4, -0.2) is 42.3 Å². The first-order valence-electron chi connectivity index (χ1n) is 5.55. The number of nitrogens with one attached hydrogen (secondary N) is 1. The van der Waals surface area contributed by atoms with E-state index in [0.717, 1.165) is 0 Å². The van der Waals surface area contributed by atoms with Gasteiger partial charge in [0.2, 0.25) is 11.9 Å². The molecule has 1 aromatic rings. The van der Waals surface area contributed by atoms with Crippen LogP contribution in [0, 0.1) is 11.9 Å². The monoisotopic (exact) mass is 253 g/mol. The molecular formula is C12H16FN3O2. The molecule has 1 atom stereocenters. The van der Waals surface area contributed by atoms with Gasteiger partial charge in [0.1, 0.15) is 5.69 Å². The summed E-state index contributed by atoms with van der Waals surface area (Å²) in [6.45, 7) is 1.96. The van der Waals surface area contributed by atoms with E-state index < -0.39 is 11.9 Å². The smallest absolute Gasteiger partial charge is 0.272 e. The van der Waals surface area contributed by atoms with E-state index in [9.17, 15) is 14.0 Å². The summed E-state index contributed by atoms with van der Waals surface area (Å²) in [5.41, 5.74) is 0.0293. The molecule has 98 valence electrons. The van der Waals surface area contributed by atoms with Crippen molar-refractivity contribution in [1.82, 2.24) is 15.2 Å². The maximum atomic E-state index is 12.9. The lowest BCUT2D eigenvalue weighted by molar-refractivity contribution is -0.124. The summed E-state index contributed by atoms with van der Waals surface area (Å²) in [7, 11) is 3.09. The van der Waals surface area contributed by atoms with Crippen molar-refractivity contribution in [2.75, 3.05) is 20.6 Å². The van der Waals surface area contributed by atoms with Crippen LogP contribution in [0.3, 0.4) is 0 Å². The van der Waals surface area contributed by atoms with Crippen LogP contribution >= 0.6 is 0 Å². The van der Waals surface area contributed by atoms with Gasteiger partial charge in [0.25, 0.3) is 5.91 Å². The third-order valence-corrected chi connectivity index (χ3v) is 2.52. The molecule has 1 unspecified atom stereocenters. The number of hydrogen-bond donors (Lipinski definition) is 1. The van der Waals surface area contributed by atoms with Gasteiger partial charge in [0.05, 0.1) is 5.92 Å². The molecule has 5 nitrogen and oxygen atoms in total. The van der Waals surface area contributed by atoms with Gasteiger partial charge in [0, 0.05) is 20.6 Å². The maximum Gasteiger partial charge on any atom is 0.272 e. The second-order valence-electron chi connectivity index (χ2n) is 4.05. The Balaban J connectivity index is 2.70. The molecule has 0 aliphatic rings. The van der Waals surface area contributed by atoms with Crippen LogP contribution in [0.2, 0.25) is 0 Å². The zero-order valence-electron chi connectivity index (χ0n) is 10.6. The normalized spacial score (nSPS) is 11.8. The van der Waals surface area contributed by atoms with E-state index in [1.165, 1.54) is 30.1 Å². The van der Waals surface area contributed by atoms with Crippen LogP contribution in [0.5, 0.6) is 0 Å². The van der Waals surface area contributed by atoms with E-state index in [4.69, 9.17) is 0 Å². The lowest BCUT2D eigenvalue weighted by Gasteiger charge is -2.20. The van der Waals surface area contributed by atoms with Gasteiger partial charge in [-0.15, -0.1) is 0 Å². The van der Waals surface area contributed by atoms with Crippen molar-refractivity contribution in [3.63, 3.8) is 0 Å². The summed E-state index contributed by atoms with van der Waals surface area (Å²) in [6.07, 6.45) is 0. The Morgan fingerprint density at radius 3 is 2.72 bits per heavy atom. The molecule has 1 heterocycles. The molecule has 6 heteroatoms. The standard InChI is InChI=1S/C12H16FN3O2/c1-8(11(17)14-2)7-16(3)12(18)9-5-4-6-10(13)15-9/h4-6,8H,7H2,1-3H3,(H,14,17). The number of amides is 2. The number of pyridine rings is 1. The van der Waals surface area contributed by atoms with E-state index in [1.54, 1.807) is 14.0 Å². The molecule has 0 aliphatic heterocycles. The summed E-state index contributed by atoms with van der Waals surface area (Å²) in [6, 6.07) is 4.03. The molecule has 1 aromatic heterocycles. The van der Waals surface area contributed by atoms with Crippen molar-refractivity contribution in [3.05, 3.63) is 29.8 Å². The summed E-state index contributed by atoms with van der Waals surface area (Å²) < 4.78 is 12.9. The molecule has 0 aliphatic carbocycles. The second-order valence-corrected chi connectivity index (χ2v) is 4.05. The highest BCUT2D eigenvalue weighted by Gasteiger charge is 2.19. The Kier molecular flexibility index (Phi) is 4.76. The van der Waals surface area contributed by atoms with Gasteiger partial charge in [-0.2, -0.15) is 4.39 Å². The summed E-state index contributed by atoms with van der Waals surface area (Å²) >= 11 is 0. The summed E-state index contributed by atoms with van der Waals surface area (Å²) in [5, 5.41) is 2.51. The van der Waals surface area contributed by atoms with Gasteiger partial charge in [-0.3, -0.25) is 9.59 Å². The van der Waals surface area contributed by atoms with Gasteiger partial charge in [-0.1, -0.05) is 13.0 Å². The second kappa shape index (κ2) is 6.09. The third-order valence-electron chi connectivity index (χ3n) is 2.52.